The minimum atomic E-state index is -4.66. The van der Waals surface area contributed by atoms with E-state index in [1.54, 1.807) is 17.2 Å². The smallest absolute Gasteiger partial charge is 0.366 e. The Kier molecular flexibility index (Phi) is 5.68. The zero-order valence-corrected chi connectivity index (χ0v) is 16.8. The second-order valence-corrected chi connectivity index (χ2v) is 7.59. The van der Waals surface area contributed by atoms with E-state index in [1.165, 1.54) is 0 Å². The molecule has 10 heteroatoms. The number of anilines is 2. The summed E-state index contributed by atoms with van der Waals surface area (Å²) < 4.78 is 38.8. The lowest BCUT2D eigenvalue weighted by Crippen LogP contribution is -2.38. The summed E-state index contributed by atoms with van der Waals surface area (Å²) in [7, 11) is 0. The van der Waals surface area contributed by atoms with Crippen molar-refractivity contribution in [2.75, 3.05) is 23.3 Å². The molecule has 1 saturated heterocycles. The van der Waals surface area contributed by atoms with Crippen molar-refractivity contribution in [2.24, 2.45) is 5.92 Å². The molecule has 2 aromatic carbocycles. The summed E-state index contributed by atoms with van der Waals surface area (Å²) in [6.45, 7) is 0.635. The monoisotopic (exact) mass is 444 g/mol. The van der Waals surface area contributed by atoms with Crippen LogP contribution in [0.15, 0.2) is 54.7 Å². The maximum absolute atomic E-state index is 12.9. The first-order chi connectivity index (χ1) is 15.2. The van der Waals surface area contributed by atoms with Gasteiger partial charge in [0, 0.05) is 36.7 Å². The average Bonchev–Trinajstić information content (AvgIpc) is 2.78. The first-order valence-electron chi connectivity index (χ1n) is 9.99. The predicted octanol–water partition coefficient (Wildman–Crippen LogP) is 5.02. The molecule has 1 amide bonds. The molecule has 32 heavy (non-hydrogen) atoms. The van der Waals surface area contributed by atoms with Crippen LogP contribution in [0.3, 0.4) is 0 Å². The van der Waals surface area contributed by atoms with Gasteiger partial charge in [-0.3, -0.25) is 19.9 Å². The van der Waals surface area contributed by atoms with Crippen molar-refractivity contribution in [3.05, 3.63) is 70.4 Å². The number of pyridine rings is 1. The van der Waals surface area contributed by atoms with E-state index in [-0.39, 0.29) is 17.5 Å². The molecule has 0 bridgehead atoms. The molecule has 1 aliphatic rings. The quantitative estimate of drug-likeness (QED) is 0.451. The highest BCUT2D eigenvalue weighted by Gasteiger charge is 2.35. The number of hydrogen-bond donors (Lipinski definition) is 1. The highest BCUT2D eigenvalue weighted by atomic mass is 19.4. The molecule has 0 atom stereocenters. The number of hydrogen-bond acceptors (Lipinski definition) is 5. The Hall–Kier alpha value is -3.69. The number of benzene rings is 2. The lowest BCUT2D eigenvalue weighted by molar-refractivity contribution is -0.384. The largest absolute Gasteiger partial charge is 0.416 e. The number of piperidine rings is 1. The fraction of sp³-hybridized carbons (Fsp3) is 0.273. The van der Waals surface area contributed by atoms with Gasteiger partial charge in [0.15, 0.2) is 0 Å². The molecule has 1 aliphatic heterocycles. The number of fused-ring (bicyclic) bond motifs is 1. The van der Waals surface area contributed by atoms with Gasteiger partial charge in [0.25, 0.3) is 5.69 Å². The number of nitrogens with one attached hydrogen (secondary N) is 1. The van der Waals surface area contributed by atoms with Crippen LogP contribution in [0, 0.1) is 16.0 Å². The molecule has 0 spiro atoms. The van der Waals surface area contributed by atoms with E-state index in [9.17, 15) is 28.1 Å². The molecular weight excluding hydrogens is 425 g/mol. The first-order valence-corrected chi connectivity index (χ1v) is 9.99. The first kappa shape index (κ1) is 21.5. The number of nitro groups is 1. The van der Waals surface area contributed by atoms with Crippen LogP contribution in [0.4, 0.5) is 30.2 Å². The summed E-state index contributed by atoms with van der Waals surface area (Å²) >= 11 is 0. The van der Waals surface area contributed by atoms with Gasteiger partial charge in [-0.05, 0) is 37.1 Å². The van der Waals surface area contributed by atoms with Crippen molar-refractivity contribution in [3.8, 4) is 0 Å². The summed E-state index contributed by atoms with van der Waals surface area (Å²) in [5, 5.41) is 15.2. The van der Waals surface area contributed by atoms with E-state index in [1.807, 2.05) is 24.3 Å². The maximum Gasteiger partial charge on any atom is 0.416 e. The Morgan fingerprint density at radius 2 is 1.84 bits per heavy atom. The maximum atomic E-state index is 12.9. The molecule has 1 fully saturated rings. The normalized spacial score (nSPS) is 15.0. The van der Waals surface area contributed by atoms with Crippen molar-refractivity contribution in [2.45, 2.75) is 19.0 Å². The van der Waals surface area contributed by atoms with Crippen LogP contribution in [-0.2, 0) is 11.0 Å². The minimum absolute atomic E-state index is 0.125. The minimum Gasteiger partial charge on any atom is -0.366 e. The van der Waals surface area contributed by atoms with Crippen molar-refractivity contribution >= 4 is 33.9 Å². The predicted molar refractivity (Wildman–Crippen MR) is 113 cm³/mol. The number of rotatable bonds is 4. The van der Waals surface area contributed by atoms with Crippen molar-refractivity contribution in [1.82, 2.24) is 4.98 Å². The lowest BCUT2D eigenvalue weighted by atomic mass is 9.95. The molecule has 2 heterocycles. The molecule has 0 saturated carbocycles. The summed E-state index contributed by atoms with van der Waals surface area (Å²) in [6.07, 6.45) is -2.18. The fourth-order valence-corrected chi connectivity index (χ4v) is 3.94. The molecular formula is C22H19F3N4O3. The fourth-order valence-electron chi connectivity index (χ4n) is 3.94. The molecule has 0 aliphatic carbocycles. The Bertz CT molecular complexity index is 1170. The van der Waals surface area contributed by atoms with Gasteiger partial charge in [-0.25, -0.2) is 0 Å². The highest BCUT2D eigenvalue weighted by molar-refractivity contribution is 6.01. The van der Waals surface area contributed by atoms with Gasteiger partial charge in [0.1, 0.15) is 5.69 Å². The number of carbonyl (C=O) groups excluding carboxylic acids is 1. The second-order valence-electron chi connectivity index (χ2n) is 7.59. The number of nitro benzene ring substituents is 1. The van der Waals surface area contributed by atoms with Crippen LogP contribution in [0.25, 0.3) is 10.9 Å². The third kappa shape index (κ3) is 4.34. The Labute approximate surface area is 181 Å². The van der Waals surface area contributed by atoms with Crippen molar-refractivity contribution < 1.29 is 22.9 Å². The number of alkyl halides is 3. The standard InChI is InChI=1S/C22H19F3N4O3/c23-22(24,25)16-6-7-18(19(13-16)29(31)32)28-11-8-15(9-12-28)21(30)27-17-5-1-3-14-4-2-10-26-20(14)17/h1-7,10,13,15H,8-9,11-12H2,(H,27,30). The van der Waals surface area contributed by atoms with Crippen LogP contribution in [0.1, 0.15) is 18.4 Å². The van der Waals surface area contributed by atoms with Crippen LogP contribution in [0.2, 0.25) is 0 Å². The summed E-state index contributed by atoms with van der Waals surface area (Å²) in [4.78, 5) is 29.3. The number of carbonyl (C=O) groups is 1. The molecule has 1 N–H and O–H groups in total. The van der Waals surface area contributed by atoms with Crippen LogP contribution < -0.4 is 10.2 Å². The van der Waals surface area contributed by atoms with E-state index < -0.39 is 22.4 Å². The third-order valence-electron chi connectivity index (χ3n) is 5.60. The topological polar surface area (TPSA) is 88.4 Å². The van der Waals surface area contributed by atoms with Crippen LogP contribution >= 0.6 is 0 Å². The molecule has 4 rings (SSSR count). The van der Waals surface area contributed by atoms with Gasteiger partial charge in [0.2, 0.25) is 5.91 Å². The summed E-state index contributed by atoms with van der Waals surface area (Å²) in [5.41, 5.74) is -0.245. The number of amides is 1. The van der Waals surface area contributed by atoms with Gasteiger partial charge >= 0.3 is 6.18 Å². The molecule has 0 unspecified atom stereocenters. The Morgan fingerprint density at radius 3 is 2.53 bits per heavy atom. The van der Waals surface area contributed by atoms with Crippen LogP contribution in [0.5, 0.6) is 0 Å². The highest BCUT2D eigenvalue weighted by Crippen LogP contribution is 2.37. The molecule has 1 aromatic heterocycles. The molecule has 0 radical (unpaired) electrons. The molecule has 3 aromatic rings. The molecule has 166 valence electrons. The van der Waals surface area contributed by atoms with Crippen molar-refractivity contribution in [3.63, 3.8) is 0 Å². The molecule has 7 nitrogen and oxygen atoms in total. The number of nitrogens with zero attached hydrogens (tertiary/aromatic N) is 3. The van der Waals surface area contributed by atoms with Crippen LogP contribution in [-0.4, -0.2) is 28.9 Å². The Balaban J connectivity index is 1.46. The number of halogens is 3. The number of para-hydroxylation sites is 1. The SMILES string of the molecule is O=C(Nc1cccc2cccnc12)C1CCN(c2ccc(C(F)(F)F)cc2[N+](=O)[O-])CC1. The summed E-state index contributed by atoms with van der Waals surface area (Å²) in [6, 6.07) is 11.7. The zero-order valence-electron chi connectivity index (χ0n) is 16.8. The van der Waals surface area contributed by atoms with Gasteiger partial charge in [0.05, 0.1) is 21.7 Å². The van der Waals surface area contributed by atoms with E-state index in [0.717, 1.165) is 17.5 Å². The van der Waals surface area contributed by atoms with Gasteiger partial charge in [-0.15, -0.1) is 0 Å². The van der Waals surface area contributed by atoms with Gasteiger partial charge < -0.3 is 10.2 Å². The number of aromatic nitrogens is 1. The van der Waals surface area contributed by atoms with E-state index in [0.29, 0.717) is 43.2 Å². The lowest BCUT2D eigenvalue weighted by Gasteiger charge is -2.32. The Morgan fingerprint density at radius 1 is 1.12 bits per heavy atom. The van der Waals surface area contributed by atoms with E-state index in [2.05, 4.69) is 10.3 Å². The third-order valence-corrected chi connectivity index (χ3v) is 5.60. The summed E-state index contributed by atoms with van der Waals surface area (Å²) in [5.74, 6) is -0.497. The average molecular weight is 444 g/mol. The zero-order chi connectivity index (χ0) is 22.9. The van der Waals surface area contributed by atoms with Crippen molar-refractivity contribution in [1.29, 1.82) is 0 Å². The van der Waals surface area contributed by atoms with Gasteiger partial charge in [-0.2, -0.15) is 13.2 Å². The van der Waals surface area contributed by atoms with Gasteiger partial charge in [-0.1, -0.05) is 18.2 Å². The van der Waals surface area contributed by atoms with E-state index in [4.69, 9.17) is 0 Å². The second kappa shape index (κ2) is 8.45. The van der Waals surface area contributed by atoms with E-state index >= 15 is 0 Å².